The molecule has 0 spiro atoms. The lowest BCUT2D eigenvalue weighted by atomic mass is 10.2. The maximum Gasteiger partial charge on any atom is 0.353 e. The number of halogens is 2. The normalized spacial score (nSPS) is 10.8. The van der Waals surface area contributed by atoms with Crippen molar-refractivity contribution in [2.45, 2.75) is 6.61 Å². The van der Waals surface area contributed by atoms with Crippen LogP contribution >= 0.6 is 34.5 Å². The molecule has 0 aliphatic rings. The molecule has 35 heavy (non-hydrogen) atoms. The molecule has 0 fully saturated rings. The lowest BCUT2D eigenvalue weighted by molar-refractivity contribution is 0.0739. The Morgan fingerprint density at radius 2 is 1.69 bits per heavy atom. The molecule has 1 amide bonds. The number of nitrogens with one attached hydrogen (secondary N) is 1. The first kappa shape index (κ1) is 24.5. The third-order valence-electron chi connectivity index (χ3n) is 4.72. The van der Waals surface area contributed by atoms with Gasteiger partial charge in [-0.3, -0.25) is 4.79 Å². The van der Waals surface area contributed by atoms with Crippen LogP contribution in [0, 0.1) is 0 Å². The second kappa shape index (κ2) is 11.7. The fourth-order valence-electron chi connectivity index (χ4n) is 2.91. The largest absolute Gasteiger partial charge is 0.489 e. The van der Waals surface area contributed by atoms with Gasteiger partial charge in [0.25, 0.3) is 5.91 Å². The van der Waals surface area contributed by atoms with Crippen LogP contribution in [0.2, 0.25) is 10.0 Å². The summed E-state index contributed by atoms with van der Waals surface area (Å²) in [6.07, 6.45) is 1.50. The molecule has 9 heteroatoms. The van der Waals surface area contributed by atoms with E-state index in [-0.39, 0.29) is 12.5 Å². The Morgan fingerprint density at radius 1 is 0.943 bits per heavy atom. The van der Waals surface area contributed by atoms with Crippen molar-refractivity contribution in [1.29, 1.82) is 0 Å². The molecule has 3 aromatic carbocycles. The zero-order valence-electron chi connectivity index (χ0n) is 18.1. The maximum absolute atomic E-state index is 12.3. The molecule has 4 rings (SSSR count). The van der Waals surface area contributed by atoms with Gasteiger partial charge in [-0.1, -0.05) is 35.3 Å². The van der Waals surface area contributed by atoms with Crippen LogP contribution in [0.1, 0.15) is 31.2 Å². The van der Waals surface area contributed by atoms with E-state index in [1.807, 2.05) is 5.38 Å². The van der Waals surface area contributed by atoms with Gasteiger partial charge in [-0.15, -0.1) is 11.3 Å². The van der Waals surface area contributed by atoms with Crippen molar-refractivity contribution in [3.63, 3.8) is 0 Å². The standard InChI is InChI=1S/C26H18Cl2N2O4S/c27-20-8-5-19(23(28)14-20)16-33-21-11-6-18(7-12-21)25(31)30-29-15-17-3-9-22(10-4-17)34-26(32)24-2-1-13-35-24/h1-15H,16H2,(H,30,31)/b29-15+. The Kier molecular flexibility index (Phi) is 8.15. The first-order valence-corrected chi connectivity index (χ1v) is 12.0. The Balaban J connectivity index is 1.26. The van der Waals surface area contributed by atoms with Gasteiger partial charge in [0.15, 0.2) is 0 Å². The van der Waals surface area contributed by atoms with Crippen molar-refractivity contribution >= 4 is 52.6 Å². The number of carbonyl (C=O) groups excluding carboxylic acids is 2. The van der Waals surface area contributed by atoms with Gasteiger partial charge < -0.3 is 9.47 Å². The van der Waals surface area contributed by atoms with Crippen molar-refractivity contribution in [2.24, 2.45) is 5.10 Å². The first-order valence-electron chi connectivity index (χ1n) is 10.3. The summed E-state index contributed by atoms with van der Waals surface area (Å²) in [5.41, 5.74) is 4.44. The van der Waals surface area contributed by atoms with Gasteiger partial charge >= 0.3 is 5.97 Å². The summed E-state index contributed by atoms with van der Waals surface area (Å²) in [7, 11) is 0. The van der Waals surface area contributed by atoms with E-state index < -0.39 is 5.97 Å². The van der Waals surface area contributed by atoms with E-state index in [4.69, 9.17) is 32.7 Å². The summed E-state index contributed by atoms with van der Waals surface area (Å²) in [6, 6.07) is 22.1. The molecule has 0 unspecified atom stereocenters. The SMILES string of the molecule is O=C(N/N=C/c1ccc(OC(=O)c2cccs2)cc1)c1ccc(OCc2ccc(Cl)cc2Cl)cc1. The number of hydrogen-bond donors (Lipinski definition) is 1. The maximum atomic E-state index is 12.3. The zero-order valence-corrected chi connectivity index (χ0v) is 20.4. The number of hydrogen-bond acceptors (Lipinski definition) is 6. The number of esters is 1. The molecule has 0 saturated heterocycles. The number of carbonyl (C=O) groups is 2. The van der Waals surface area contributed by atoms with E-state index in [1.165, 1.54) is 17.6 Å². The van der Waals surface area contributed by atoms with Crippen LogP contribution in [-0.2, 0) is 6.61 Å². The van der Waals surface area contributed by atoms with E-state index in [2.05, 4.69) is 10.5 Å². The molecular formula is C26H18Cl2N2O4S. The van der Waals surface area contributed by atoms with Crippen molar-refractivity contribution in [3.05, 3.63) is 116 Å². The number of ether oxygens (including phenoxy) is 2. The number of rotatable bonds is 8. The van der Waals surface area contributed by atoms with Crippen LogP contribution in [0.15, 0.2) is 89.3 Å². The summed E-state index contributed by atoms with van der Waals surface area (Å²) in [5.74, 6) is 0.245. The predicted octanol–water partition coefficient (Wildman–Crippen LogP) is 6.62. The highest BCUT2D eigenvalue weighted by atomic mass is 35.5. The van der Waals surface area contributed by atoms with Crippen LogP contribution in [-0.4, -0.2) is 18.1 Å². The van der Waals surface area contributed by atoms with Crippen LogP contribution < -0.4 is 14.9 Å². The van der Waals surface area contributed by atoms with Gasteiger partial charge in [-0.25, -0.2) is 10.2 Å². The molecular weight excluding hydrogens is 507 g/mol. The Bertz CT molecular complexity index is 1340. The molecule has 6 nitrogen and oxygen atoms in total. The van der Waals surface area contributed by atoms with E-state index in [1.54, 1.807) is 78.9 Å². The minimum absolute atomic E-state index is 0.276. The zero-order chi connectivity index (χ0) is 24.6. The molecule has 1 heterocycles. The van der Waals surface area contributed by atoms with Crippen LogP contribution in [0.3, 0.4) is 0 Å². The molecule has 1 aromatic heterocycles. The van der Waals surface area contributed by atoms with Gasteiger partial charge in [0.1, 0.15) is 23.0 Å². The van der Waals surface area contributed by atoms with Gasteiger partial charge in [-0.05, 0) is 77.7 Å². The highest BCUT2D eigenvalue weighted by molar-refractivity contribution is 7.12. The third-order valence-corrected chi connectivity index (χ3v) is 6.16. The van der Waals surface area contributed by atoms with Gasteiger partial charge in [-0.2, -0.15) is 5.10 Å². The Labute approximate surface area is 215 Å². The van der Waals surface area contributed by atoms with Gasteiger partial charge in [0.2, 0.25) is 0 Å². The van der Waals surface area contributed by atoms with E-state index in [9.17, 15) is 9.59 Å². The smallest absolute Gasteiger partial charge is 0.353 e. The quantitative estimate of drug-likeness (QED) is 0.121. The highest BCUT2D eigenvalue weighted by Crippen LogP contribution is 2.23. The minimum atomic E-state index is -0.404. The molecule has 0 saturated carbocycles. The summed E-state index contributed by atoms with van der Waals surface area (Å²) in [5, 5.41) is 6.88. The fourth-order valence-corrected chi connectivity index (χ4v) is 3.97. The number of nitrogens with zero attached hydrogens (tertiary/aromatic N) is 1. The lowest BCUT2D eigenvalue weighted by Gasteiger charge is -2.08. The van der Waals surface area contributed by atoms with E-state index in [0.717, 1.165) is 11.1 Å². The molecule has 4 aromatic rings. The minimum Gasteiger partial charge on any atom is -0.489 e. The number of thiophene rings is 1. The van der Waals surface area contributed by atoms with Gasteiger partial charge in [0, 0.05) is 21.2 Å². The summed E-state index contributed by atoms with van der Waals surface area (Å²) in [6.45, 7) is 0.276. The van der Waals surface area contributed by atoms with Crippen molar-refractivity contribution < 1.29 is 19.1 Å². The topological polar surface area (TPSA) is 77.0 Å². The molecule has 0 aliphatic carbocycles. The van der Waals surface area contributed by atoms with Crippen molar-refractivity contribution in [3.8, 4) is 11.5 Å². The first-order chi connectivity index (χ1) is 17.0. The molecule has 0 bridgehead atoms. The fraction of sp³-hybridized carbons (Fsp3) is 0.0385. The average molecular weight is 525 g/mol. The van der Waals surface area contributed by atoms with E-state index >= 15 is 0 Å². The summed E-state index contributed by atoms with van der Waals surface area (Å²) >= 11 is 13.4. The molecule has 0 aliphatic heterocycles. The molecule has 176 valence electrons. The molecule has 1 N–H and O–H groups in total. The van der Waals surface area contributed by atoms with Crippen LogP contribution in [0.4, 0.5) is 0 Å². The lowest BCUT2D eigenvalue weighted by Crippen LogP contribution is -2.17. The second-order valence-corrected chi connectivity index (χ2v) is 8.98. The molecule has 0 atom stereocenters. The van der Waals surface area contributed by atoms with E-state index in [0.29, 0.717) is 32.0 Å². The van der Waals surface area contributed by atoms with Crippen LogP contribution in [0.25, 0.3) is 0 Å². The predicted molar refractivity (Wildman–Crippen MR) is 138 cm³/mol. The Morgan fingerprint density at radius 3 is 2.37 bits per heavy atom. The number of hydrazone groups is 1. The summed E-state index contributed by atoms with van der Waals surface area (Å²) < 4.78 is 11.0. The second-order valence-electron chi connectivity index (χ2n) is 7.18. The molecule has 0 radical (unpaired) electrons. The highest BCUT2D eigenvalue weighted by Gasteiger charge is 2.09. The van der Waals surface area contributed by atoms with Crippen molar-refractivity contribution in [2.75, 3.05) is 0 Å². The van der Waals surface area contributed by atoms with Crippen LogP contribution in [0.5, 0.6) is 11.5 Å². The van der Waals surface area contributed by atoms with Gasteiger partial charge in [0.05, 0.1) is 6.21 Å². The number of benzene rings is 3. The Hall–Kier alpha value is -3.65. The number of amides is 1. The third kappa shape index (κ3) is 6.93. The average Bonchev–Trinajstić information content (AvgIpc) is 3.40. The monoisotopic (exact) mass is 524 g/mol. The van der Waals surface area contributed by atoms with Crippen molar-refractivity contribution in [1.82, 2.24) is 5.43 Å². The summed E-state index contributed by atoms with van der Waals surface area (Å²) in [4.78, 5) is 24.9.